The maximum atomic E-state index is 12.8. The maximum absolute atomic E-state index is 12.8. The van der Waals surface area contributed by atoms with Crippen molar-refractivity contribution in [1.82, 2.24) is 5.32 Å². The van der Waals surface area contributed by atoms with Gasteiger partial charge in [0.15, 0.2) is 34.5 Å². The zero-order valence-electron chi connectivity index (χ0n) is 30.0. The van der Waals surface area contributed by atoms with Crippen LogP contribution < -0.4 is 48.5 Å². The predicted octanol–water partition coefficient (Wildman–Crippen LogP) is 7.78. The molecule has 0 saturated heterocycles. The Morgan fingerprint density at radius 2 is 1.18 bits per heavy atom. The van der Waals surface area contributed by atoms with Gasteiger partial charge >= 0.3 is 0 Å². The number of methoxy groups -OCH3 is 6. The van der Waals surface area contributed by atoms with Crippen molar-refractivity contribution in [3.8, 4) is 46.0 Å². The molecule has 0 bridgehead atoms. The Kier molecular flexibility index (Phi) is 12.8. The maximum Gasteiger partial charge on any atom is 0.255 e. The van der Waals surface area contributed by atoms with Crippen LogP contribution in [0.4, 0.5) is 5.69 Å². The average molecular weight is 699 g/mol. The zero-order chi connectivity index (χ0) is 36.2. The second-order valence-electron chi connectivity index (χ2n) is 11.7. The van der Waals surface area contributed by atoms with Gasteiger partial charge in [0, 0.05) is 5.69 Å². The van der Waals surface area contributed by atoms with Gasteiger partial charge in [-0.1, -0.05) is 24.3 Å². The van der Waals surface area contributed by atoms with Crippen LogP contribution >= 0.6 is 0 Å². The Labute approximate surface area is 299 Å². The van der Waals surface area contributed by atoms with E-state index in [0.717, 1.165) is 48.1 Å². The van der Waals surface area contributed by atoms with Crippen molar-refractivity contribution in [3.63, 3.8) is 0 Å². The predicted molar refractivity (Wildman–Crippen MR) is 197 cm³/mol. The number of fused-ring (bicyclic) bond motifs is 1. The SMILES string of the molecule is COc1ccc2c(c1)C(=O)NC(c1ccc(OCCCCCCOc3cc(/C=C/c4cc(OC)c(OC)c(OC)c4)ccc3OC)c(OC)c1)N2. The summed E-state index contributed by atoms with van der Waals surface area (Å²) < 4.78 is 45.0. The van der Waals surface area contributed by atoms with E-state index in [1.54, 1.807) is 48.7 Å². The van der Waals surface area contributed by atoms with E-state index >= 15 is 0 Å². The van der Waals surface area contributed by atoms with Crippen LogP contribution in [0.1, 0.15) is 58.9 Å². The topological polar surface area (TPSA) is 115 Å². The molecule has 1 aliphatic heterocycles. The van der Waals surface area contributed by atoms with Crippen molar-refractivity contribution >= 4 is 23.7 Å². The lowest BCUT2D eigenvalue weighted by Gasteiger charge is -2.28. The molecule has 0 spiro atoms. The van der Waals surface area contributed by atoms with Crippen molar-refractivity contribution in [2.45, 2.75) is 31.8 Å². The number of amides is 1. The van der Waals surface area contributed by atoms with Crippen LogP contribution in [-0.4, -0.2) is 61.8 Å². The summed E-state index contributed by atoms with van der Waals surface area (Å²) in [7, 11) is 9.60. The van der Waals surface area contributed by atoms with E-state index in [9.17, 15) is 4.79 Å². The molecule has 1 amide bonds. The molecule has 51 heavy (non-hydrogen) atoms. The number of anilines is 1. The molecule has 11 nitrogen and oxygen atoms in total. The number of carbonyl (C=O) groups excluding carboxylic acids is 1. The van der Waals surface area contributed by atoms with E-state index in [1.165, 1.54) is 0 Å². The van der Waals surface area contributed by atoms with Crippen LogP contribution in [0.25, 0.3) is 12.2 Å². The van der Waals surface area contributed by atoms with Gasteiger partial charge in [0.2, 0.25) is 5.75 Å². The number of hydrogen-bond acceptors (Lipinski definition) is 10. The normalized spacial score (nSPS) is 13.5. The minimum atomic E-state index is -0.406. The van der Waals surface area contributed by atoms with E-state index in [2.05, 4.69) is 10.6 Å². The molecule has 1 heterocycles. The van der Waals surface area contributed by atoms with Crippen LogP contribution in [0, 0.1) is 0 Å². The van der Waals surface area contributed by atoms with Crippen LogP contribution in [0.2, 0.25) is 0 Å². The van der Waals surface area contributed by atoms with E-state index in [4.69, 9.17) is 37.9 Å². The molecule has 0 aromatic heterocycles. The molecule has 0 radical (unpaired) electrons. The molecule has 4 aromatic rings. The summed E-state index contributed by atoms with van der Waals surface area (Å²) >= 11 is 0. The lowest BCUT2D eigenvalue weighted by atomic mass is 10.0. The highest BCUT2D eigenvalue weighted by Crippen LogP contribution is 2.39. The summed E-state index contributed by atoms with van der Waals surface area (Å²) in [4.78, 5) is 12.8. The van der Waals surface area contributed by atoms with E-state index in [1.807, 2.05) is 72.8 Å². The fraction of sp³-hybridized carbons (Fsp3) is 0.325. The number of nitrogens with one attached hydrogen (secondary N) is 2. The molecular formula is C40H46N2O9. The summed E-state index contributed by atoms with van der Waals surface area (Å²) in [5.41, 5.74) is 4.00. The summed E-state index contributed by atoms with van der Waals surface area (Å²) in [5, 5.41) is 6.36. The van der Waals surface area contributed by atoms with Crippen molar-refractivity contribution < 1.29 is 42.7 Å². The second-order valence-corrected chi connectivity index (χ2v) is 11.7. The lowest BCUT2D eigenvalue weighted by molar-refractivity contribution is 0.0935. The van der Waals surface area contributed by atoms with Gasteiger partial charge in [0.25, 0.3) is 5.91 Å². The van der Waals surface area contributed by atoms with Gasteiger partial charge in [0.05, 0.1) is 61.4 Å². The van der Waals surface area contributed by atoms with Gasteiger partial charge in [-0.15, -0.1) is 0 Å². The number of ether oxygens (including phenoxy) is 8. The molecule has 0 saturated carbocycles. The van der Waals surface area contributed by atoms with E-state index in [-0.39, 0.29) is 5.91 Å². The average Bonchev–Trinajstić information content (AvgIpc) is 3.17. The largest absolute Gasteiger partial charge is 0.497 e. The van der Waals surface area contributed by atoms with Crippen molar-refractivity contribution in [2.75, 3.05) is 61.2 Å². The molecule has 1 unspecified atom stereocenters. The number of unbranched alkanes of at least 4 members (excludes halogenated alkanes) is 3. The fourth-order valence-electron chi connectivity index (χ4n) is 5.74. The molecule has 1 atom stereocenters. The first-order chi connectivity index (χ1) is 24.9. The monoisotopic (exact) mass is 698 g/mol. The molecule has 0 aliphatic carbocycles. The smallest absolute Gasteiger partial charge is 0.255 e. The van der Waals surface area contributed by atoms with E-state index in [0.29, 0.717) is 64.8 Å². The second kappa shape index (κ2) is 17.8. The Hall–Kier alpha value is -5.71. The quantitative estimate of drug-likeness (QED) is 0.0789. The number of rotatable bonds is 18. The van der Waals surface area contributed by atoms with Gasteiger partial charge in [-0.2, -0.15) is 0 Å². The van der Waals surface area contributed by atoms with Gasteiger partial charge in [-0.3, -0.25) is 4.79 Å². The first-order valence-electron chi connectivity index (χ1n) is 16.8. The molecule has 11 heteroatoms. The third kappa shape index (κ3) is 9.10. The summed E-state index contributed by atoms with van der Waals surface area (Å²) in [6.07, 6.45) is 7.32. The molecule has 2 N–H and O–H groups in total. The van der Waals surface area contributed by atoms with Gasteiger partial charge in [-0.25, -0.2) is 0 Å². The molecule has 4 aromatic carbocycles. The fourth-order valence-corrected chi connectivity index (χ4v) is 5.74. The van der Waals surface area contributed by atoms with E-state index < -0.39 is 6.17 Å². The molecule has 5 rings (SSSR count). The summed E-state index contributed by atoms with van der Waals surface area (Å²) in [6, 6.07) is 20.7. The molecular weight excluding hydrogens is 652 g/mol. The molecule has 1 aliphatic rings. The Bertz CT molecular complexity index is 1800. The van der Waals surface area contributed by atoms with Crippen LogP contribution in [0.3, 0.4) is 0 Å². The van der Waals surface area contributed by atoms with Crippen molar-refractivity contribution in [1.29, 1.82) is 0 Å². The molecule has 0 fully saturated rings. The highest BCUT2D eigenvalue weighted by molar-refractivity contribution is 6.02. The zero-order valence-corrected chi connectivity index (χ0v) is 30.0. The Balaban J connectivity index is 1.07. The first kappa shape index (κ1) is 36.6. The Morgan fingerprint density at radius 3 is 1.82 bits per heavy atom. The standard InChI is InChI=1S/C40H46N2O9/c1-44-29-15-16-31-30(25-29)40(43)42-39(41-31)28-14-18-33(34(24-28)46-3)50-19-9-7-8-10-20-51-35-21-26(13-17-32(35)45-2)11-12-27-22-36(47-4)38(49-6)37(23-27)48-5/h11-18,21-25,39,41H,7-10,19-20H2,1-6H3,(H,42,43)/b12-11+. The van der Waals surface area contributed by atoms with Gasteiger partial charge in [-0.05, 0) is 97.0 Å². The van der Waals surface area contributed by atoms with Crippen LogP contribution in [0.15, 0.2) is 66.7 Å². The molecule has 270 valence electrons. The summed E-state index contributed by atoms with van der Waals surface area (Å²) in [5.74, 6) is 4.82. The number of hydrogen-bond donors (Lipinski definition) is 2. The Morgan fingerprint density at radius 1 is 0.549 bits per heavy atom. The van der Waals surface area contributed by atoms with Crippen LogP contribution in [0.5, 0.6) is 46.0 Å². The highest BCUT2D eigenvalue weighted by atomic mass is 16.5. The van der Waals surface area contributed by atoms with Gasteiger partial charge < -0.3 is 48.5 Å². The van der Waals surface area contributed by atoms with Crippen molar-refractivity contribution in [2.24, 2.45) is 0 Å². The minimum absolute atomic E-state index is 0.175. The highest BCUT2D eigenvalue weighted by Gasteiger charge is 2.26. The minimum Gasteiger partial charge on any atom is -0.497 e. The first-order valence-corrected chi connectivity index (χ1v) is 16.8. The lowest BCUT2D eigenvalue weighted by Crippen LogP contribution is -2.38. The van der Waals surface area contributed by atoms with Crippen molar-refractivity contribution in [3.05, 3.63) is 89.0 Å². The summed E-state index contributed by atoms with van der Waals surface area (Å²) in [6.45, 7) is 1.12. The van der Waals surface area contributed by atoms with Gasteiger partial charge in [0.1, 0.15) is 11.9 Å². The third-order valence-electron chi connectivity index (χ3n) is 8.46. The number of carbonyl (C=O) groups is 1. The number of benzene rings is 4. The van der Waals surface area contributed by atoms with Crippen LogP contribution in [-0.2, 0) is 0 Å². The third-order valence-corrected chi connectivity index (χ3v) is 8.46.